The van der Waals surface area contributed by atoms with Crippen LogP contribution in [0, 0.1) is 10.1 Å². The minimum Gasteiger partial charge on any atom is -0.493 e. The summed E-state index contributed by atoms with van der Waals surface area (Å²) < 4.78 is 9.98. The number of nitrogens with zero attached hydrogens (tertiary/aromatic N) is 1. The average molecular weight is 279 g/mol. The van der Waals surface area contributed by atoms with Gasteiger partial charge in [0.05, 0.1) is 43.4 Å². The second kappa shape index (κ2) is 7.00. The Labute approximate surface area is 110 Å². The van der Waals surface area contributed by atoms with Crippen molar-refractivity contribution in [1.29, 1.82) is 0 Å². The second-order valence-electron chi connectivity index (χ2n) is 3.31. The average Bonchev–Trinajstić information content (AvgIpc) is 2.35. The number of nitro groups is 1. The Balaban J connectivity index is 0.00000289. The summed E-state index contributed by atoms with van der Waals surface area (Å²) in [5.41, 5.74) is 5.60. The van der Waals surface area contributed by atoms with Crippen LogP contribution in [-0.4, -0.2) is 30.9 Å². The Morgan fingerprint density at radius 2 is 1.89 bits per heavy atom. The van der Waals surface area contributed by atoms with E-state index in [9.17, 15) is 10.1 Å². The van der Waals surface area contributed by atoms with Crippen LogP contribution < -0.4 is 15.2 Å². The number of nitro benzene ring substituents is 1. The number of rotatable bonds is 5. The SMILES string of the molecule is COc1cc([C@H](N)CO)c([N+](=O)[O-])cc1OC.Cl. The summed E-state index contributed by atoms with van der Waals surface area (Å²) in [6, 6.07) is 1.79. The van der Waals surface area contributed by atoms with E-state index in [2.05, 4.69) is 0 Å². The predicted molar refractivity (Wildman–Crippen MR) is 67.5 cm³/mol. The first-order valence-electron chi connectivity index (χ1n) is 4.81. The number of hydrogen-bond donors (Lipinski definition) is 2. The van der Waals surface area contributed by atoms with Gasteiger partial charge in [-0.25, -0.2) is 0 Å². The van der Waals surface area contributed by atoms with Crippen LogP contribution in [0.3, 0.4) is 0 Å². The molecule has 3 N–H and O–H groups in total. The molecule has 0 saturated heterocycles. The molecule has 7 nitrogen and oxygen atoms in total. The lowest BCUT2D eigenvalue weighted by Gasteiger charge is -2.13. The lowest BCUT2D eigenvalue weighted by atomic mass is 10.1. The highest BCUT2D eigenvalue weighted by atomic mass is 35.5. The van der Waals surface area contributed by atoms with E-state index in [0.717, 1.165) is 0 Å². The van der Waals surface area contributed by atoms with Crippen LogP contribution in [0.15, 0.2) is 12.1 Å². The first-order chi connectivity index (χ1) is 8.04. The molecule has 18 heavy (non-hydrogen) atoms. The Morgan fingerprint density at radius 1 is 1.39 bits per heavy atom. The van der Waals surface area contributed by atoms with Gasteiger partial charge in [0.15, 0.2) is 11.5 Å². The van der Waals surface area contributed by atoms with Gasteiger partial charge >= 0.3 is 0 Å². The van der Waals surface area contributed by atoms with Gasteiger partial charge in [-0.3, -0.25) is 10.1 Å². The van der Waals surface area contributed by atoms with E-state index < -0.39 is 17.6 Å². The molecule has 0 saturated carbocycles. The number of aliphatic hydroxyl groups excluding tert-OH is 1. The van der Waals surface area contributed by atoms with Crippen molar-refractivity contribution in [1.82, 2.24) is 0 Å². The summed E-state index contributed by atoms with van der Waals surface area (Å²) in [5, 5.41) is 19.8. The molecular weight excluding hydrogens is 264 g/mol. The molecule has 1 aromatic rings. The monoisotopic (exact) mass is 278 g/mol. The Morgan fingerprint density at radius 3 is 2.28 bits per heavy atom. The smallest absolute Gasteiger partial charge is 0.278 e. The van der Waals surface area contributed by atoms with Gasteiger partial charge in [-0.2, -0.15) is 0 Å². The molecule has 0 heterocycles. The summed E-state index contributed by atoms with van der Waals surface area (Å²) in [5.74, 6) is 0.574. The molecule has 0 aliphatic rings. The molecule has 0 unspecified atom stereocenters. The molecule has 0 bridgehead atoms. The van der Waals surface area contributed by atoms with Crippen molar-refractivity contribution in [3.8, 4) is 11.5 Å². The predicted octanol–water partition coefficient (Wildman–Crippen LogP) is 1.03. The van der Waals surface area contributed by atoms with Gasteiger partial charge in [-0.1, -0.05) is 0 Å². The third-order valence-corrected chi connectivity index (χ3v) is 2.33. The van der Waals surface area contributed by atoms with Crippen molar-refractivity contribution in [2.45, 2.75) is 6.04 Å². The van der Waals surface area contributed by atoms with Gasteiger partial charge in [-0.05, 0) is 6.07 Å². The lowest BCUT2D eigenvalue weighted by molar-refractivity contribution is -0.385. The summed E-state index contributed by atoms with van der Waals surface area (Å²) in [6.45, 7) is -0.393. The van der Waals surface area contributed by atoms with Crippen LogP contribution in [0.1, 0.15) is 11.6 Å². The highest BCUT2D eigenvalue weighted by molar-refractivity contribution is 5.85. The molecule has 8 heteroatoms. The molecule has 102 valence electrons. The topological polar surface area (TPSA) is 108 Å². The summed E-state index contributed by atoms with van der Waals surface area (Å²) in [7, 11) is 2.80. The van der Waals surface area contributed by atoms with Crippen molar-refractivity contribution < 1.29 is 19.5 Å². The van der Waals surface area contributed by atoms with Gasteiger partial charge in [0.1, 0.15) is 0 Å². The summed E-state index contributed by atoms with van der Waals surface area (Å²) in [4.78, 5) is 10.3. The Kier molecular flexibility index (Phi) is 6.39. The Hall–Kier alpha value is -1.57. The summed E-state index contributed by atoms with van der Waals surface area (Å²) >= 11 is 0. The maximum atomic E-state index is 10.9. The molecule has 0 amide bonds. The van der Waals surface area contributed by atoms with Crippen LogP contribution in [0.2, 0.25) is 0 Å². The highest BCUT2D eigenvalue weighted by Crippen LogP contribution is 2.36. The first kappa shape index (κ1) is 16.4. The van der Waals surface area contributed by atoms with Crippen molar-refractivity contribution >= 4 is 18.1 Å². The van der Waals surface area contributed by atoms with Crippen molar-refractivity contribution in [2.24, 2.45) is 5.73 Å². The van der Waals surface area contributed by atoms with E-state index in [1.807, 2.05) is 0 Å². The van der Waals surface area contributed by atoms with Crippen molar-refractivity contribution in [3.63, 3.8) is 0 Å². The van der Waals surface area contributed by atoms with E-state index in [1.54, 1.807) is 0 Å². The van der Waals surface area contributed by atoms with E-state index in [-0.39, 0.29) is 29.4 Å². The van der Waals surface area contributed by atoms with E-state index in [4.69, 9.17) is 20.3 Å². The van der Waals surface area contributed by atoms with Gasteiger partial charge < -0.3 is 20.3 Å². The first-order valence-corrected chi connectivity index (χ1v) is 4.81. The lowest BCUT2D eigenvalue weighted by Crippen LogP contribution is -2.16. The van der Waals surface area contributed by atoms with Crippen molar-refractivity contribution in [3.05, 3.63) is 27.8 Å². The zero-order valence-electron chi connectivity index (χ0n) is 9.95. The molecule has 0 fully saturated rings. The zero-order valence-corrected chi connectivity index (χ0v) is 10.8. The maximum absolute atomic E-state index is 10.9. The molecule has 1 rings (SSSR count). The Bertz CT molecular complexity index is 427. The van der Waals surface area contributed by atoms with E-state index in [1.165, 1.54) is 26.4 Å². The molecule has 0 spiro atoms. The fourth-order valence-electron chi connectivity index (χ4n) is 1.44. The van der Waals surface area contributed by atoms with E-state index in [0.29, 0.717) is 5.75 Å². The number of aliphatic hydroxyl groups is 1. The third kappa shape index (κ3) is 3.22. The number of nitrogens with two attached hydrogens (primary N) is 1. The molecule has 0 aliphatic heterocycles. The molecule has 1 aromatic carbocycles. The number of halogens is 1. The van der Waals surface area contributed by atoms with Crippen LogP contribution in [-0.2, 0) is 0 Å². The maximum Gasteiger partial charge on any atom is 0.278 e. The van der Waals surface area contributed by atoms with Gasteiger partial charge in [0.25, 0.3) is 5.69 Å². The number of ether oxygens (including phenoxy) is 2. The normalized spacial score (nSPS) is 11.3. The molecular formula is C10H15ClN2O5. The fraction of sp³-hybridized carbons (Fsp3) is 0.400. The minimum absolute atomic E-state index is 0. The van der Waals surface area contributed by atoms with E-state index >= 15 is 0 Å². The number of methoxy groups -OCH3 is 2. The second-order valence-corrected chi connectivity index (χ2v) is 3.31. The number of benzene rings is 1. The van der Waals surface area contributed by atoms with Crippen molar-refractivity contribution in [2.75, 3.05) is 20.8 Å². The highest BCUT2D eigenvalue weighted by Gasteiger charge is 2.23. The zero-order chi connectivity index (χ0) is 13.0. The van der Waals surface area contributed by atoms with Crippen LogP contribution in [0.4, 0.5) is 5.69 Å². The quantitative estimate of drug-likeness (QED) is 0.615. The molecule has 0 radical (unpaired) electrons. The number of hydrogen-bond acceptors (Lipinski definition) is 6. The summed E-state index contributed by atoms with van der Waals surface area (Å²) in [6.07, 6.45) is 0. The molecule has 1 atom stereocenters. The van der Waals surface area contributed by atoms with Crippen LogP contribution in [0.25, 0.3) is 0 Å². The standard InChI is InChI=1S/C10H14N2O5.ClH/c1-16-9-3-6(7(11)5-13)8(12(14)15)4-10(9)17-2;/h3-4,7,13H,5,11H2,1-2H3;1H/t7-;/m1./s1. The third-order valence-electron chi connectivity index (χ3n) is 2.33. The molecule has 0 aromatic heterocycles. The largest absolute Gasteiger partial charge is 0.493 e. The fourth-order valence-corrected chi connectivity index (χ4v) is 1.44. The van der Waals surface area contributed by atoms with Gasteiger partial charge in [0, 0.05) is 0 Å². The minimum atomic E-state index is -0.838. The van der Waals surface area contributed by atoms with Crippen LogP contribution in [0.5, 0.6) is 11.5 Å². The van der Waals surface area contributed by atoms with Gasteiger partial charge in [-0.15, -0.1) is 12.4 Å². The van der Waals surface area contributed by atoms with Gasteiger partial charge in [0.2, 0.25) is 0 Å². The molecule has 0 aliphatic carbocycles. The van der Waals surface area contributed by atoms with Crippen LogP contribution >= 0.6 is 12.4 Å².